The molecule has 0 aromatic heterocycles. The summed E-state index contributed by atoms with van der Waals surface area (Å²) in [5, 5.41) is 0.00287. The van der Waals surface area contributed by atoms with Gasteiger partial charge in [-0.2, -0.15) is 0 Å². The Morgan fingerprint density at radius 2 is 1.74 bits per heavy atom. The maximum Gasteiger partial charge on any atom is 0.256 e. The molecule has 142 valence electrons. The van der Waals surface area contributed by atoms with Crippen LogP contribution in [0.1, 0.15) is 40.6 Å². The molecular weight excluding hydrogens is 356 g/mol. The first-order valence-electron chi connectivity index (χ1n) is 9.69. The number of ether oxygens (including phenoxy) is 1. The van der Waals surface area contributed by atoms with Crippen LogP contribution < -0.4 is 4.74 Å². The van der Waals surface area contributed by atoms with E-state index in [0.29, 0.717) is 0 Å². The zero-order chi connectivity index (χ0) is 18.6. The number of likely N-dealkylation sites (tertiary alicyclic amines) is 1. The topological polar surface area (TPSA) is 32.8 Å². The second kappa shape index (κ2) is 8.36. The standard InChI is InChI=1S/C22H26N2O2S/c1-26-18-11-9-17(10-12-18)22-24(16-15-23-13-5-2-6-14-23)21(25)19-7-3-4-8-20(19)27-22/h3-4,7-12,22H,2,5-6,13-16H2,1H3. The molecule has 2 aromatic carbocycles. The van der Waals surface area contributed by atoms with Crippen LogP contribution in [0, 0.1) is 0 Å². The summed E-state index contributed by atoms with van der Waals surface area (Å²) in [6, 6.07) is 16.1. The fraction of sp³-hybridized carbons (Fsp3) is 0.409. The smallest absolute Gasteiger partial charge is 0.256 e. The molecule has 1 unspecified atom stereocenters. The van der Waals surface area contributed by atoms with Crippen LogP contribution in [0.15, 0.2) is 53.4 Å². The molecule has 4 rings (SSSR count). The average Bonchev–Trinajstić information content (AvgIpc) is 2.74. The van der Waals surface area contributed by atoms with Crippen LogP contribution >= 0.6 is 11.8 Å². The van der Waals surface area contributed by atoms with Gasteiger partial charge in [0, 0.05) is 18.0 Å². The number of nitrogens with zero attached hydrogens (tertiary/aromatic N) is 2. The van der Waals surface area contributed by atoms with Gasteiger partial charge in [-0.05, 0) is 55.8 Å². The van der Waals surface area contributed by atoms with Gasteiger partial charge in [0.1, 0.15) is 11.1 Å². The summed E-state index contributed by atoms with van der Waals surface area (Å²) in [6.45, 7) is 4.01. The summed E-state index contributed by atoms with van der Waals surface area (Å²) in [6.07, 6.45) is 3.87. The number of thioether (sulfide) groups is 1. The lowest BCUT2D eigenvalue weighted by Gasteiger charge is -2.38. The van der Waals surface area contributed by atoms with Crippen LogP contribution in [-0.4, -0.2) is 49.0 Å². The molecule has 0 spiro atoms. The van der Waals surface area contributed by atoms with Crippen molar-refractivity contribution in [1.82, 2.24) is 9.80 Å². The molecule has 2 heterocycles. The number of methoxy groups -OCH3 is 1. The lowest BCUT2D eigenvalue weighted by molar-refractivity contribution is 0.0697. The second-order valence-electron chi connectivity index (χ2n) is 7.14. The van der Waals surface area contributed by atoms with Crippen molar-refractivity contribution in [1.29, 1.82) is 0 Å². The number of hydrogen-bond donors (Lipinski definition) is 0. The van der Waals surface area contributed by atoms with Crippen LogP contribution in [0.4, 0.5) is 0 Å². The third-order valence-electron chi connectivity index (χ3n) is 5.41. The molecule has 2 aliphatic rings. The lowest BCUT2D eigenvalue weighted by Crippen LogP contribution is -2.43. The van der Waals surface area contributed by atoms with Crippen molar-refractivity contribution in [2.45, 2.75) is 29.5 Å². The number of hydrogen-bond acceptors (Lipinski definition) is 4. The van der Waals surface area contributed by atoms with E-state index in [-0.39, 0.29) is 11.3 Å². The van der Waals surface area contributed by atoms with Gasteiger partial charge in [-0.25, -0.2) is 0 Å². The van der Waals surface area contributed by atoms with E-state index in [2.05, 4.69) is 23.1 Å². The summed E-state index contributed by atoms with van der Waals surface area (Å²) < 4.78 is 5.29. The van der Waals surface area contributed by atoms with Crippen LogP contribution in [0.2, 0.25) is 0 Å². The minimum absolute atomic E-state index is 0.00287. The molecule has 0 saturated carbocycles. The molecule has 1 atom stereocenters. The quantitative estimate of drug-likeness (QED) is 0.766. The van der Waals surface area contributed by atoms with Crippen LogP contribution in [0.3, 0.4) is 0 Å². The number of amides is 1. The Morgan fingerprint density at radius 3 is 2.48 bits per heavy atom. The van der Waals surface area contributed by atoms with Gasteiger partial charge in [0.25, 0.3) is 5.91 Å². The Labute approximate surface area is 165 Å². The highest BCUT2D eigenvalue weighted by Crippen LogP contribution is 2.44. The van der Waals surface area contributed by atoms with Crippen molar-refractivity contribution in [3.8, 4) is 5.75 Å². The fourth-order valence-electron chi connectivity index (χ4n) is 3.86. The Hall–Kier alpha value is -1.98. The van der Waals surface area contributed by atoms with E-state index >= 15 is 0 Å². The average molecular weight is 383 g/mol. The molecule has 27 heavy (non-hydrogen) atoms. The summed E-state index contributed by atoms with van der Waals surface area (Å²) >= 11 is 1.77. The maximum absolute atomic E-state index is 13.3. The Kier molecular flexibility index (Phi) is 5.69. The van der Waals surface area contributed by atoms with Crippen LogP contribution in [0.5, 0.6) is 5.75 Å². The van der Waals surface area contributed by atoms with Crippen molar-refractivity contribution in [2.75, 3.05) is 33.3 Å². The molecule has 1 amide bonds. The summed E-state index contributed by atoms with van der Waals surface area (Å²) in [4.78, 5) is 18.9. The van der Waals surface area contributed by atoms with Crippen LogP contribution in [-0.2, 0) is 0 Å². The zero-order valence-electron chi connectivity index (χ0n) is 15.8. The van der Waals surface area contributed by atoms with Gasteiger partial charge in [0.15, 0.2) is 0 Å². The first-order chi connectivity index (χ1) is 13.3. The molecule has 1 saturated heterocycles. The van der Waals surface area contributed by atoms with Crippen molar-refractivity contribution in [3.05, 3.63) is 59.7 Å². The third-order valence-corrected chi connectivity index (χ3v) is 6.77. The predicted octanol–water partition coefficient (Wildman–Crippen LogP) is 4.43. The summed E-state index contributed by atoms with van der Waals surface area (Å²) in [7, 11) is 1.68. The summed E-state index contributed by atoms with van der Waals surface area (Å²) in [5.74, 6) is 0.980. The zero-order valence-corrected chi connectivity index (χ0v) is 16.6. The van der Waals surface area contributed by atoms with Crippen molar-refractivity contribution < 1.29 is 9.53 Å². The second-order valence-corrected chi connectivity index (χ2v) is 8.26. The molecule has 2 aromatic rings. The van der Waals surface area contributed by atoms with E-state index in [1.54, 1.807) is 18.9 Å². The van der Waals surface area contributed by atoms with Crippen molar-refractivity contribution in [2.24, 2.45) is 0 Å². The first kappa shape index (κ1) is 18.4. The van der Waals surface area contributed by atoms with E-state index in [1.807, 2.05) is 35.2 Å². The minimum atomic E-state index is 0.00287. The minimum Gasteiger partial charge on any atom is -0.497 e. The number of carbonyl (C=O) groups excluding carboxylic acids is 1. The Balaban J connectivity index is 1.59. The van der Waals surface area contributed by atoms with Gasteiger partial charge in [-0.15, -0.1) is 0 Å². The highest BCUT2D eigenvalue weighted by atomic mass is 32.2. The van der Waals surface area contributed by atoms with E-state index in [0.717, 1.165) is 48.0 Å². The molecule has 1 fully saturated rings. The molecule has 0 radical (unpaired) electrons. The fourth-order valence-corrected chi connectivity index (χ4v) is 5.16. The van der Waals surface area contributed by atoms with E-state index in [9.17, 15) is 4.79 Å². The largest absolute Gasteiger partial charge is 0.497 e. The van der Waals surface area contributed by atoms with Crippen LogP contribution in [0.25, 0.3) is 0 Å². The van der Waals surface area contributed by atoms with E-state index < -0.39 is 0 Å². The van der Waals surface area contributed by atoms with Crippen molar-refractivity contribution >= 4 is 17.7 Å². The number of benzene rings is 2. The molecule has 4 nitrogen and oxygen atoms in total. The van der Waals surface area contributed by atoms with E-state index in [4.69, 9.17) is 4.74 Å². The molecule has 0 aliphatic carbocycles. The normalized spacial score (nSPS) is 20.4. The predicted molar refractivity (Wildman–Crippen MR) is 109 cm³/mol. The van der Waals surface area contributed by atoms with Gasteiger partial charge in [0.05, 0.1) is 12.7 Å². The third kappa shape index (κ3) is 3.99. The molecule has 5 heteroatoms. The lowest BCUT2D eigenvalue weighted by atomic mass is 10.1. The van der Waals surface area contributed by atoms with Gasteiger partial charge in [0.2, 0.25) is 0 Å². The van der Waals surface area contributed by atoms with Gasteiger partial charge < -0.3 is 14.5 Å². The maximum atomic E-state index is 13.3. The SMILES string of the molecule is COc1ccc(C2Sc3ccccc3C(=O)N2CCN2CCCCC2)cc1. The number of piperidine rings is 1. The monoisotopic (exact) mass is 382 g/mol. The summed E-state index contributed by atoms with van der Waals surface area (Å²) in [5.41, 5.74) is 1.97. The first-order valence-corrected chi connectivity index (χ1v) is 10.6. The molecular formula is C22H26N2O2S. The number of carbonyl (C=O) groups is 1. The van der Waals surface area contributed by atoms with Gasteiger partial charge >= 0.3 is 0 Å². The highest BCUT2D eigenvalue weighted by molar-refractivity contribution is 7.99. The molecule has 0 N–H and O–H groups in total. The molecule has 0 bridgehead atoms. The highest BCUT2D eigenvalue weighted by Gasteiger charge is 2.34. The van der Waals surface area contributed by atoms with E-state index in [1.165, 1.54) is 19.3 Å². The number of fused-ring (bicyclic) bond motifs is 1. The Morgan fingerprint density at radius 1 is 1.00 bits per heavy atom. The number of rotatable bonds is 5. The Bertz CT molecular complexity index is 787. The molecule has 2 aliphatic heterocycles. The van der Waals surface area contributed by atoms with Crippen molar-refractivity contribution in [3.63, 3.8) is 0 Å². The van der Waals surface area contributed by atoms with Gasteiger partial charge in [-0.1, -0.05) is 42.4 Å². The van der Waals surface area contributed by atoms with Gasteiger partial charge in [-0.3, -0.25) is 4.79 Å².